The summed E-state index contributed by atoms with van der Waals surface area (Å²) >= 11 is 0. The zero-order valence-electron chi connectivity index (χ0n) is 12.9. The minimum atomic E-state index is 0. The highest BCUT2D eigenvalue weighted by Gasteiger charge is 2.26. The number of nitrogens with one attached hydrogen (secondary N) is 1. The number of furan rings is 1. The van der Waals surface area contributed by atoms with Gasteiger partial charge in [0.1, 0.15) is 5.76 Å². The lowest BCUT2D eigenvalue weighted by Crippen LogP contribution is -2.43. The number of rotatable bonds is 6. The van der Waals surface area contributed by atoms with Gasteiger partial charge in [0.15, 0.2) is 0 Å². The summed E-state index contributed by atoms with van der Waals surface area (Å²) in [5, 5.41) is 3.31. The molecule has 1 N–H and O–H groups in total. The van der Waals surface area contributed by atoms with E-state index in [1.165, 1.54) is 0 Å². The average molecular weight is 316 g/mol. The van der Waals surface area contributed by atoms with E-state index in [9.17, 15) is 4.79 Å². The van der Waals surface area contributed by atoms with E-state index in [0.29, 0.717) is 6.54 Å². The van der Waals surface area contributed by atoms with E-state index < -0.39 is 0 Å². The zero-order valence-corrected chi connectivity index (χ0v) is 13.7. The largest absolute Gasteiger partial charge is 0.467 e. The van der Waals surface area contributed by atoms with Crippen molar-refractivity contribution in [1.82, 2.24) is 15.1 Å². The van der Waals surface area contributed by atoms with E-state index in [-0.39, 0.29) is 24.2 Å². The van der Waals surface area contributed by atoms with Gasteiger partial charge in [-0.05, 0) is 52.2 Å². The monoisotopic (exact) mass is 315 g/mol. The van der Waals surface area contributed by atoms with E-state index in [1.807, 2.05) is 31.1 Å². The summed E-state index contributed by atoms with van der Waals surface area (Å²) in [6, 6.07) is 3.80. The normalized spacial score (nSPS) is 15.8. The number of carbonyl (C=O) groups excluding carboxylic acids is 1. The molecule has 6 heteroatoms. The Morgan fingerprint density at radius 1 is 1.33 bits per heavy atom. The van der Waals surface area contributed by atoms with Crippen molar-refractivity contribution in [1.29, 1.82) is 0 Å². The molecule has 0 saturated carbocycles. The molecular weight excluding hydrogens is 290 g/mol. The maximum atomic E-state index is 12.7. The Morgan fingerprint density at radius 3 is 2.62 bits per heavy atom. The van der Waals surface area contributed by atoms with Gasteiger partial charge >= 0.3 is 0 Å². The standard InChI is InChI=1S/C15H25N3O2.ClH/c1-17(2)9-10-18(12-14-4-3-11-20-14)15(19)13-5-7-16-8-6-13;/h3-4,11,13,16H,5-10,12H2,1-2H3;1H. The summed E-state index contributed by atoms with van der Waals surface area (Å²) in [6.07, 6.45) is 3.54. The molecule has 1 saturated heterocycles. The minimum absolute atomic E-state index is 0. The second-order valence-electron chi connectivity index (χ2n) is 5.67. The average Bonchev–Trinajstić information content (AvgIpc) is 2.96. The van der Waals surface area contributed by atoms with Crippen LogP contribution in [0.4, 0.5) is 0 Å². The number of hydrogen-bond acceptors (Lipinski definition) is 4. The van der Waals surface area contributed by atoms with Crippen LogP contribution in [0.1, 0.15) is 18.6 Å². The highest BCUT2D eigenvalue weighted by atomic mass is 35.5. The third-order valence-corrected chi connectivity index (χ3v) is 3.74. The van der Waals surface area contributed by atoms with Gasteiger partial charge in [0.2, 0.25) is 5.91 Å². The van der Waals surface area contributed by atoms with E-state index in [1.54, 1.807) is 6.26 Å². The van der Waals surface area contributed by atoms with Crippen LogP contribution in [-0.4, -0.2) is 56.0 Å². The molecule has 1 aromatic heterocycles. The molecule has 1 aromatic rings. The van der Waals surface area contributed by atoms with Gasteiger partial charge in [-0.25, -0.2) is 0 Å². The van der Waals surface area contributed by atoms with Crippen LogP contribution in [0.3, 0.4) is 0 Å². The van der Waals surface area contributed by atoms with Crippen LogP contribution in [0.25, 0.3) is 0 Å². The fourth-order valence-electron chi connectivity index (χ4n) is 2.51. The Hall–Kier alpha value is -1.04. The van der Waals surface area contributed by atoms with Gasteiger partial charge in [-0.3, -0.25) is 4.79 Å². The van der Waals surface area contributed by atoms with Gasteiger partial charge in [0.05, 0.1) is 12.8 Å². The Labute approximate surface area is 133 Å². The number of likely N-dealkylation sites (N-methyl/N-ethyl adjacent to an activating group) is 1. The first-order chi connectivity index (χ1) is 9.66. The number of piperidine rings is 1. The molecule has 0 atom stereocenters. The Kier molecular flexibility index (Phi) is 7.78. The van der Waals surface area contributed by atoms with Crippen molar-refractivity contribution in [3.8, 4) is 0 Å². The quantitative estimate of drug-likeness (QED) is 0.866. The fraction of sp³-hybridized carbons (Fsp3) is 0.667. The smallest absolute Gasteiger partial charge is 0.226 e. The van der Waals surface area contributed by atoms with Crippen LogP contribution in [0.5, 0.6) is 0 Å². The van der Waals surface area contributed by atoms with Gasteiger partial charge in [-0.15, -0.1) is 12.4 Å². The van der Waals surface area contributed by atoms with E-state index in [2.05, 4.69) is 10.2 Å². The summed E-state index contributed by atoms with van der Waals surface area (Å²) in [6.45, 7) is 4.08. The summed E-state index contributed by atoms with van der Waals surface area (Å²) in [5.74, 6) is 1.28. The van der Waals surface area contributed by atoms with Crippen LogP contribution < -0.4 is 5.32 Å². The minimum Gasteiger partial charge on any atom is -0.467 e. The molecule has 5 nitrogen and oxygen atoms in total. The maximum absolute atomic E-state index is 12.7. The van der Waals surface area contributed by atoms with Crippen molar-refractivity contribution in [2.24, 2.45) is 5.92 Å². The van der Waals surface area contributed by atoms with Crippen molar-refractivity contribution in [2.45, 2.75) is 19.4 Å². The molecule has 1 amide bonds. The van der Waals surface area contributed by atoms with Gasteiger partial charge in [-0.1, -0.05) is 0 Å². The number of nitrogens with zero attached hydrogens (tertiary/aromatic N) is 2. The highest BCUT2D eigenvalue weighted by molar-refractivity contribution is 5.85. The SMILES string of the molecule is CN(C)CCN(Cc1ccco1)C(=O)C1CCNCC1.Cl. The third kappa shape index (κ3) is 5.69. The topological polar surface area (TPSA) is 48.7 Å². The van der Waals surface area contributed by atoms with Crippen LogP contribution in [-0.2, 0) is 11.3 Å². The van der Waals surface area contributed by atoms with Crippen LogP contribution >= 0.6 is 12.4 Å². The van der Waals surface area contributed by atoms with Crippen molar-refractivity contribution in [3.63, 3.8) is 0 Å². The maximum Gasteiger partial charge on any atom is 0.226 e. The molecular formula is C15H26ClN3O2. The van der Waals surface area contributed by atoms with Crippen molar-refractivity contribution in [2.75, 3.05) is 40.3 Å². The van der Waals surface area contributed by atoms with Crippen LogP contribution in [0.2, 0.25) is 0 Å². The van der Waals surface area contributed by atoms with Gasteiger partial charge < -0.3 is 19.5 Å². The predicted molar refractivity (Wildman–Crippen MR) is 85.5 cm³/mol. The van der Waals surface area contributed by atoms with E-state index in [4.69, 9.17) is 4.42 Å². The highest BCUT2D eigenvalue weighted by Crippen LogP contribution is 2.17. The molecule has 2 heterocycles. The lowest BCUT2D eigenvalue weighted by Gasteiger charge is -2.30. The van der Waals surface area contributed by atoms with Gasteiger partial charge in [0, 0.05) is 19.0 Å². The Morgan fingerprint density at radius 2 is 2.05 bits per heavy atom. The van der Waals surface area contributed by atoms with E-state index in [0.717, 1.165) is 44.8 Å². The third-order valence-electron chi connectivity index (χ3n) is 3.74. The second-order valence-corrected chi connectivity index (χ2v) is 5.67. The van der Waals surface area contributed by atoms with Crippen molar-refractivity contribution < 1.29 is 9.21 Å². The van der Waals surface area contributed by atoms with Crippen molar-refractivity contribution >= 4 is 18.3 Å². The van der Waals surface area contributed by atoms with Gasteiger partial charge in [-0.2, -0.15) is 0 Å². The first-order valence-electron chi connectivity index (χ1n) is 7.33. The summed E-state index contributed by atoms with van der Waals surface area (Å²) in [7, 11) is 4.06. The Bertz CT molecular complexity index is 403. The fourth-order valence-corrected chi connectivity index (χ4v) is 2.51. The Balaban J connectivity index is 0.00000220. The summed E-state index contributed by atoms with van der Waals surface area (Å²) in [5.41, 5.74) is 0. The second kappa shape index (κ2) is 9.07. The molecule has 0 bridgehead atoms. The number of carbonyl (C=O) groups is 1. The molecule has 21 heavy (non-hydrogen) atoms. The summed E-state index contributed by atoms with van der Waals surface area (Å²) in [4.78, 5) is 16.7. The molecule has 0 aromatic carbocycles. The van der Waals surface area contributed by atoms with Crippen LogP contribution in [0, 0.1) is 5.92 Å². The lowest BCUT2D eigenvalue weighted by molar-refractivity contribution is -0.137. The number of hydrogen-bond donors (Lipinski definition) is 1. The molecule has 120 valence electrons. The summed E-state index contributed by atoms with van der Waals surface area (Å²) < 4.78 is 5.39. The molecule has 2 rings (SSSR count). The number of amides is 1. The molecule has 0 radical (unpaired) electrons. The molecule has 0 unspecified atom stereocenters. The van der Waals surface area contributed by atoms with E-state index >= 15 is 0 Å². The zero-order chi connectivity index (χ0) is 14.4. The van der Waals surface area contributed by atoms with Crippen LogP contribution in [0.15, 0.2) is 22.8 Å². The molecule has 1 aliphatic rings. The van der Waals surface area contributed by atoms with Gasteiger partial charge in [0.25, 0.3) is 0 Å². The molecule has 1 fully saturated rings. The predicted octanol–water partition coefficient (Wildman–Crippen LogP) is 1.59. The lowest BCUT2D eigenvalue weighted by atomic mass is 9.96. The number of halogens is 1. The molecule has 1 aliphatic heterocycles. The molecule has 0 spiro atoms. The molecule has 0 aliphatic carbocycles. The van der Waals surface area contributed by atoms with Crippen molar-refractivity contribution in [3.05, 3.63) is 24.2 Å². The first-order valence-corrected chi connectivity index (χ1v) is 7.33. The first kappa shape index (κ1) is 18.0.